The highest BCUT2D eigenvalue weighted by Gasteiger charge is 2.05. The molecule has 0 saturated heterocycles. The second-order valence-electron chi connectivity index (χ2n) is 6.58. The summed E-state index contributed by atoms with van der Waals surface area (Å²) in [6.45, 7) is 7.84. The molecule has 0 amide bonds. The molecule has 0 radical (unpaired) electrons. The molecule has 1 aromatic carbocycles. The lowest BCUT2D eigenvalue weighted by atomic mass is 10.1. The fourth-order valence-electron chi connectivity index (χ4n) is 2.77. The Morgan fingerprint density at radius 1 is 1.00 bits per heavy atom. The third-order valence-corrected chi connectivity index (χ3v) is 4.43. The summed E-state index contributed by atoms with van der Waals surface area (Å²) in [7, 11) is 2.09. The highest BCUT2D eigenvalue weighted by molar-refractivity contribution is 5.59. The molecule has 0 aliphatic carbocycles. The summed E-state index contributed by atoms with van der Waals surface area (Å²) in [5.74, 6) is 0. The average molecular weight is 325 g/mol. The number of benzene rings is 1. The van der Waals surface area contributed by atoms with Crippen molar-refractivity contribution in [1.29, 1.82) is 0 Å². The van der Waals surface area contributed by atoms with Crippen molar-refractivity contribution in [2.75, 3.05) is 31.6 Å². The van der Waals surface area contributed by atoms with E-state index >= 15 is 0 Å². The van der Waals surface area contributed by atoms with Crippen LogP contribution >= 0.6 is 0 Å². The summed E-state index contributed by atoms with van der Waals surface area (Å²) < 4.78 is 0. The van der Waals surface area contributed by atoms with E-state index < -0.39 is 0 Å². The Kier molecular flexibility index (Phi) is 7.67. The van der Waals surface area contributed by atoms with Crippen molar-refractivity contribution < 1.29 is 0 Å². The van der Waals surface area contributed by atoms with E-state index in [4.69, 9.17) is 0 Å². The van der Waals surface area contributed by atoms with E-state index in [2.05, 4.69) is 85.5 Å². The van der Waals surface area contributed by atoms with Crippen molar-refractivity contribution in [3.63, 3.8) is 0 Å². The average Bonchev–Trinajstić information content (AvgIpc) is 2.62. The molecular formula is C22H32N2. The maximum Gasteiger partial charge on any atom is 0.0366 e. The van der Waals surface area contributed by atoms with E-state index in [1.54, 1.807) is 0 Å². The Bertz CT molecular complexity index is 558. The van der Waals surface area contributed by atoms with Gasteiger partial charge in [0.1, 0.15) is 0 Å². The van der Waals surface area contributed by atoms with Gasteiger partial charge in [0, 0.05) is 32.4 Å². The highest BCUT2D eigenvalue weighted by atomic mass is 15.1. The number of anilines is 1. The van der Waals surface area contributed by atoms with Gasteiger partial charge in [0.25, 0.3) is 0 Å². The quantitative estimate of drug-likeness (QED) is 0.592. The Hall–Kier alpha value is -1.96. The smallest absolute Gasteiger partial charge is 0.0366 e. The van der Waals surface area contributed by atoms with Crippen LogP contribution in [-0.4, -0.2) is 31.6 Å². The van der Waals surface area contributed by atoms with Gasteiger partial charge >= 0.3 is 0 Å². The molecule has 1 aliphatic heterocycles. The monoisotopic (exact) mass is 324 g/mol. The van der Waals surface area contributed by atoms with Crippen LogP contribution in [0, 0.1) is 0 Å². The number of unbranched alkanes of at least 4 members (excludes halogenated alkanes) is 2. The van der Waals surface area contributed by atoms with E-state index in [9.17, 15) is 0 Å². The molecule has 24 heavy (non-hydrogen) atoms. The zero-order valence-electron chi connectivity index (χ0n) is 15.5. The van der Waals surface area contributed by atoms with E-state index in [1.807, 2.05) is 0 Å². The van der Waals surface area contributed by atoms with Gasteiger partial charge in [-0.05, 0) is 48.4 Å². The molecule has 0 fully saturated rings. The molecule has 0 atom stereocenters. The normalized spacial score (nSPS) is 14.3. The molecule has 0 N–H and O–H groups in total. The zero-order chi connectivity index (χ0) is 17.2. The first-order chi connectivity index (χ1) is 11.7. The lowest BCUT2D eigenvalue weighted by molar-refractivity contribution is 0.503. The van der Waals surface area contributed by atoms with Gasteiger partial charge in [0.15, 0.2) is 0 Å². The van der Waals surface area contributed by atoms with Crippen LogP contribution in [-0.2, 0) is 0 Å². The van der Waals surface area contributed by atoms with Crippen LogP contribution in [0.4, 0.5) is 5.69 Å². The molecule has 0 aromatic heterocycles. The van der Waals surface area contributed by atoms with Crippen molar-refractivity contribution in [2.24, 2.45) is 0 Å². The Morgan fingerprint density at radius 3 is 2.21 bits per heavy atom. The van der Waals surface area contributed by atoms with Crippen LogP contribution < -0.4 is 4.90 Å². The summed E-state index contributed by atoms with van der Waals surface area (Å²) in [5, 5.41) is 0. The predicted octanol–water partition coefficient (Wildman–Crippen LogP) is 5.49. The third kappa shape index (κ3) is 5.92. The minimum absolute atomic E-state index is 0.985. The minimum atomic E-state index is 0.985. The first kappa shape index (κ1) is 18.4. The zero-order valence-corrected chi connectivity index (χ0v) is 15.5. The lowest BCUT2D eigenvalue weighted by Gasteiger charge is -2.24. The summed E-state index contributed by atoms with van der Waals surface area (Å²) in [6.07, 6.45) is 16.0. The van der Waals surface area contributed by atoms with Gasteiger partial charge in [0.05, 0.1) is 0 Å². The SMILES string of the molecule is CCCCN(CCCC)c1ccc(/C=C/C2=CCN(C)C=C2)cc1. The molecule has 130 valence electrons. The summed E-state index contributed by atoms with van der Waals surface area (Å²) in [5.41, 5.74) is 3.90. The Morgan fingerprint density at radius 2 is 1.67 bits per heavy atom. The molecule has 1 aromatic rings. The van der Waals surface area contributed by atoms with Crippen molar-refractivity contribution in [2.45, 2.75) is 39.5 Å². The van der Waals surface area contributed by atoms with Crippen molar-refractivity contribution >= 4 is 11.8 Å². The second-order valence-corrected chi connectivity index (χ2v) is 6.58. The number of nitrogens with zero attached hydrogens (tertiary/aromatic N) is 2. The number of hydrogen-bond acceptors (Lipinski definition) is 2. The van der Waals surface area contributed by atoms with Crippen LogP contribution in [0.1, 0.15) is 45.1 Å². The molecule has 0 unspecified atom stereocenters. The van der Waals surface area contributed by atoms with Gasteiger partial charge in [0.2, 0.25) is 0 Å². The molecule has 1 heterocycles. The number of likely N-dealkylation sites (N-methyl/N-ethyl adjacent to an activating group) is 1. The number of rotatable bonds is 9. The Labute approximate surface area is 148 Å². The predicted molar refractivity (Wildman–Crippen MR) is 107 cm³/mol. The molecule has 0 spiro atoms. The molecular weight excluding hydrogens is 292 g/mol. The number of hydrogen-bond donors (Lipinski definition) is 0. The van der Waals surface area contributed by atoms with Gasteiger partial charge in [-0.3, -0.25) is 0 Å². The summed E-state index contributed by atoms with van der Waals surface area (Å²) in [4.78, 5) is 4.70. The third-order valence-electron chi connectivity index (χ3n) is 4.43. The van der Waals surface area contributed by atoms with Gasteiger partial charge in [-0.1, -0.05) is 57.0 Å². The van der Waals surface area contributed by atoms with E-state index in [-0.39, 0.29) is 0 Å². The fraction of sp³-hybridized carbons (Fsp3) is 0.455. The van der Waals surface area contributed by atoms with Gasteiger partial charge in [-0.2, -0.15) is 0 Å². The standard InChI is InChI=1S/C22H32N2/c1-4-6-16-24(17-7-5-2)22-12-10-20(11-13-22)8-9-21-14-18-23(3)19-15-21/h8-15,18H,4-7,16-17,19H2,1-3H3/b9-8+. The van der Waals surface area contributed by atoms with Gasteiger partial charge < -0.3 is 9.80 Å². The van der Waals surface area contributed by atoms with Crippen LogP contribution in [0.2, 0.25) is 0 Å². The van der Waals surface area contributed by atoms with Crippen LogP contribution in [0.5, 0.6) is 0 Å². The lowest BCUT2D eigenvalue weighted by Crippen LogP contribution is -2.25. The van der Waals surface area contributed by atoms with Crippen LogP contribution in [0.25, 0.3) is 6.08 Å². The topological polar surface area (TPSA) is 6.48 Å². The highest BCUT2D eigenvalue weighted by Crippen LogP contribution is 2.18. The van der Waals surface area contributed by atoms with Crippen molar-refractivity contribution in [1.82, 2.24) is 4.90 Å². The van der Waals surface area contributed by atoms with Gasteiger partial charge in [-0.15, -0.1) is 0 Å². The molecule has 2 nitrogen and oxygen atoms in total. The molecule has 1 aliphatic rings. The van der Waals surface area contributed by atoms with Crippen LogP contribution in [0.15, 0.2) is 54.3 Å². The Balaban J connectivity index is 1.98. The maximum absolute atomic E-state index is 2.53. The summed E-state index contributed by atoms with van der Waals surface area (Å²) in [6, 6.07) is 9.00. The molecule has 0 bridgehead atoms. The van der Waals surface area contributed by atoms with Crippen LogP contribution in [0.3, 0.4) is 0 Å². The largest absolute Gasteiger partial charge is 0.377 e. The molecule has 2 heteroatoms. The second kappa shape index (κ2) is 10.0. The van der Waals surface area contributed by atoms with Gasteiger partial charge in [-0.25, -0.2) is 0 Å². The summed E-state index contributed by atoms with van der Waals surface area (Å²) >= 11 is 0. The van der Waals surface area contributed by atoms with Crippen molar-refractivity contribution in [3.8, 4) is 0 Å². The van der Waals surface area contributed by atoms with E-state index in [0.717, 1.165) is 19.6 Å². The fourth-order valence-corrected chi connectivity index (χ4v) is 2.77. The number of allylic oxidation sites excluding steroid dienone is 3. The first-order valence-corrected chi connectivity index (χ1v) is 9.34. The molecule has 0 saturated carbocycles. The first-order valence-electron chi connectivity index (χ1n) is 9.34. The van der Waals surface area contributed by atoms with Crippen molar-refractivity contribution in [3.05, 3.63) is 59.8 Å². The van der Waals surface area contributed by atoms with E-state index in [1.165, 1.54) is 42.5 Å². The van der Waals surface area contributed by atoms with E-state index in [0.29, 0.717) is 0 Å². The maximum atomic E-state index is 2.53. The minimum Gasteiger partial charge on any atom is -0.377 e. The molecule has 2 rings (SSSR count).